The number of carbonyl (C=O) groups is 3. The molecule has 1 aromatic rings. The maximum Gasteiger partial charge on any atom is 0.309 e. The van der Waals surface area contributed by atoms with Gasteiger partial charge in [-0.05, 0) is 25.0 Å². The molecular weight excluding hydrogens is 288 g/mol. The SMILES string of the molecule is NC(=O)[C@H]1CN(C(=O)COC(=O)C2CC2)c2ccccc2O1. The first kappa shape index (κ1) is 14.4. The van der Waals surface area contributed by atoms with Gasteiger partial charge in [-0.2, -0.15) is 0 Å². The van der Waals surface area contributed by atoms with Gasteiger partial charge in [0.1, 0.15) is 5.75 Å². The number of fused-ring (bicyclic) bond motifs is 1. The maximum absolute atomic E-state index is 12.3. The molecule has 0 radical (unpaired) electrons. The van der Waals surface area contributed by atoms with Gasteiger partial charge in [-0.25, -0.2) is 0 Å². The van der Waals surface area contributed by atoms with Crippen molar-refractivity contribution in [3.05, 3.63) is 24.3 Å². The number of ether oxygens (including phenoxy) is 2. The van der Waals surface area contributed by atoms with Gasteiger partial charge >= 0.3 is 5.97 Å². The Morgan fingerprint density at radius 2 is 2.00 bits per heavy atom. The molecule has 0 bridgehead atoms. The van der Waals surface area contributed by atoms with Gasteiger partial charge in [0.15, 0.2) is 12.7 Å². The highest BCUT2D eigenvalue weighted by Gasteiger charge is 2.35. The molecule has 0 spiro atoms. The quantitative estimate of drug-likeness (QED) is 0.802. The van der Waals surface area contributed by atoms with Crippen LogP contribution in [0.2, 0.25) is 0 Å². The summed E-state index contributed by atoms with van der Waals surface area (Å²) in [6.45, 7) is -0.346. The zero-order valence-electron chi connectivity index (χ0n) is 11.9. The van der Waals surface area contributed by atoms with Crippen molar-refractivity contribution in [2.24, 2.45) is 11.7 Å². The van der Waals surface area contributed by atoms with E-state index in [9.17, 15) is 14.4 Å². The van der Waals surface area contributed by atoms with Gasteiger partial charge in [0.05, 0.1) is 18.2 Å². The molecule has 3 rings (SSSR count). The fourth-order valence-corrected chi connectivity index (χ4v) is 2.27. The molecule has 22 heavy (non-hydrogen) atoms. The summed E-state index contributed by atoms with van der Waals surface area (Å²) in [6, 6.07) is 6.84. The van der Waals surface area contributed by atoms with Crippen molar-refractivity contribution in [2.75, 3.05) is 18.1 Å². The zero-order valence-corrected chi connectivity index (χ0v) is 11.9. The third-order valence-corrected chi connectivity index (χ3v) is 3.64. The van der Waals surface area contributed by atoms with Crippen LogP contribution in [0.5, 0.6) is 5.75 Å². The predicted molar refractivity (Wildman–Crippen MR) is 76.1 cm³/mol. The number of benzene rings is 1. The predicted octanol–water partition coefficient (Wildman–Crippen LogP) is 0.219. The van der Waals surface area contributed by atoms with Crippen LogP contribution in [-0.2, 0) is 19.1 Å². The largest absolute Gasteiger partial charge is 0.477 e. The van der Waals surface area contributed by atoms with Crippen molar-refractivity contribution >= 4 is 23.5 Å². The van der Waals surface area contributed by atoms with E-state index in [-0.39, 0.29) is 25.0 Å². The molecule has 7 heteroatoms. The number of hydrogen-bond donors (Lipinski definition) is 1. The standard InChI is InChI=1S/C15H16N2O5/c16-14(19)12-7-17(10-3-1-2-4-11(10)22-12)13(18)8-21-15(20)9-5-6-9/h1-4,9,12H,5-8H2,(H2,16,19)/t12-/m1/s1. The summed E-state index contributed by atoms with van der Waals surface area (Å²) in [5.74, 6) is -1.07. The molecule has 116 valence electrons. The Morgan fingerprint density at radius 3 is 2.68 bits per heavy atom. The van der Waals surface area contributed by atoms with Crippen LogP contribution >= 0.6 is 0 Å². The van der Waals surface area contributed by atoms with Crippen LogP contribution in [0, 0.1) is 5.92 Å². The van der Waals surface area contributed by atoms with Crippen LogP contribution in [0.3, 0.4) is 0 Å². The lowest BCUT2D eigenvalue weighted by Crippen LogP contribution is -2.50. The van der Waals surface area contributed by atoms with E-state index in [2.05, 4.69) is 0 Å². The molecule has 2 aliphatic rings. The van der Waals surface area contributed by atoms with E-state index in [1.54, 1.807) is 24.3 Å². The molecule has 1 aromatic carbocycles. The van der Waals surface area contributed by atoms with Crippen LogP contribution in [0.25, 0.3) is 0 Å². The second kappa shape index (κ2) is 5.67. The van der Waals surface area contributed by atoms with E-state index in [0.29, 0.717) is 11.4 Å². The van der Waals surface area contributed by atoms with Gasteiger partial charge in [-0.3, -0.25) is 14.4 Å². The summed E-state index contributed by atoms with van der Waals surface area (Å²) in [6.07, 6.45) is 0.715. The number of carbonyl (C=O) groups excluding carboxylic acids is 3. The van der Waals surface area contributed by atoms with Gasteiger partial charge < -0.3 is 20.1 Å². The molecule has 0 saturated heterocycles. The lowest BCUT2D eigenvalue weighted by Gasteiger charge is -2.33. The Kier molecular flexibility index (Phi) is 3.70. The molecule has 7 nitrogen and oxygen atoms in total. The van der Waals surface area contributed by atoms with Crippen molar-refractivity contribution in [1.29, 1.82) is 0 Å². The molecular formula is C15H16N2O5. The van der Waals surface area contributed by atoms with Crippen molar-refractivity contribution in [2.45, 2.75) is 18.9 Å². The van der Waals surface area contributed by atoms with Crippen molar-refractivity contribution in [3.63, 3.8) is 0 Å². The van der Waals surface area contributed by atoms with Crippen LogP contribution in [-0.4, -0.2) is 37.0 Å². The lowest BCUT2D eigenvalue weighted by atomic mass is 10.2. The minimum absolute atomic E-state index is 0.00611. The van der Waals surface area contributed by atoms with Crippen LogP contribution in [0.1, 0.15) is 12.8 Å². The molecule has 0 aromatic heterocycles. The summed E-state index contributed by atoms with van der Waals surface area (Å²) >= 11 is 0. The third-order valence-electron chi connectivity index (χ3n) is 3.64. The Balaban J connectivity index is 1.74. The van der Waals surface area contributed by atoms with Gasteiger partial charge in [-0.15, -0.1) is 0 Å². The van der Waals surface area contributed by atoms with E-state index < -0.39 is 17.9 Å². The number of primary amides is 1. The van der Waals surface area contributed by atoms with Crippen LogP contribution in [0.4, 0.5) is 5.69 Å². The number of nitrogens with zero attached hydrogens (tertiary/aromatic N) is 1. The number of anilines is 1. The summed E-state index contributed by atoms with van der Waals surface area (Å²) in [5.41, 5.74) is 5.80. The fourth-order valence-electron chi connectivity index (χ4n) is 2.27. The van der Waals surface area contributed by atoms with Gasteiger partial charge in [0.2, 0.25) is 0 Å². The first-order valence-corrected chi connectivity index (χ1v) is 7.08. The smallest absolute Gasteiger partial charge is 0.309 e. The first-order chi connectivity index (χ1) is 10.6. The van der Waals surface area contributed by atoms with E-state index in [4.69, 9.17) is 15.2 Å². The lowest BCUT2D eigenvalue weighted by molar-refractivity contribution is -0.149. The van der Waals surface area contributed by atoms with E-state index in [1.165, 1.54) is 4.90 Å². The summed E-state index contributed by atoms with van der Waals surface area (Å²) in [4.78, 5) is 36.6. The Hall–Kier alpha value is -2.57. The minimum Gasteiger partial charge on any atom is -0.477 e. The number of amides is 2. The van der Waals surface area contributed by atoms with Crippen LogP contribution < -0.4 is 15.4 Å². The molecule has 1 aliphatic heterocycles. The fraction of sp³-hybridized carbons (Fsp3) is 0.400. The molecule has 2 N–H and O–H groups in total. The summed E-state index contributed by atoms with van der Waals surface area (Å²) in [7, 11) is 0. The molecule has 2 amide bonds. The zero-order chi connectivity index (χ0) is 15.7. The van der Waals surface area contributed by atoms with E-state index in [1.807, 2.05) is 0 Å². The van der Waals surface area contributed by atoms with E-state index >= 15 is 0 Å². The number of hydrogen-bond acceptors (Lipinski definition) is 5. The highest BCUT2D eigenvalue weighted by atomic mass is 16.5. The Labute approximate surface area is 127 Å². The van der Waals surface area contributed by atoms with Gasteiger partial charge in [0, 0.05) is 0 Å². The third kappa shape index (κ3) is 2.88. The second-order valence-electron chi connectivity index (χ2n) is 5.36. The highest BCUT2D eigenvalue weighted by molar-refractivity contribution is 5.98. The number of nitrogens with two attached hydrogens (primary N) is 1. The molecule has 1 atom stereocenters. The topological polar surface area (TPSA) is 98.9 Å². The number of rotatable bonds is 4. The molecule has 1 saturated carbocycles. The number of para-hydroxylation sites is 2. The van der Waals surface area contributed by atoms with Gasteiger partial charge in [0.25, 0.3) is 11.8 Å². The second-order valence-corrected chi connectivity index (χ2v) is 5.36. The molecule has 1 fully saturated rings. The van der Waals surface area contributed by atoms with Crippen molar-refractivity contribution in [1.82, 2.24) is 0 Å². The Morgan fingerprint density at radius 1 is 1.27 bits per heavy atom. The monoisotopic (exact) mass is 304 g/mol. The van der Waals surface area contributed by atoms with Crippen molar-refractivity contribution < 1.29 is 23.9 Å². The van der Waals surface area contributed by atoms with Crippen LogP contribution in [0.15, 0.2) is 24.3 Å². The average Bonchev–Trinajstić information content (AvgIpc) is 3.36. The molecule has 1 aliphatic carbocycles. The Bertz CT molecular complexity index is 626. The van der Waals surface area contributed by atoms with Gasteiger partial charge in [-0.1, -0.05) is 12.1 Å². The minimum atomic E-state index is -0.919. The molecule has 0 unspecified atom stereocenters. The van der Waals surface area contributed by atoms with Crippen molar-refractivity contribution in [3.8, 4) is 5.75 Å². The molecule has 1 heterocycles. The maximum atomic E-state index is 12.3. The summed E-state index contributed by atoms with van der Waals surface area (Å²) < 4.78 is 10.5. The summed E-state index contributed by atoms with van der Waals surface area (Å²) in [5, 5.41) is 0. The highest BCUT2D eigenvalue weighted by Crippen LogP contribution is 2.33. The normalized spacial score (nSPS) is 19.8. The first-order valence-electron chi connectivity index (χ1n) is 7.08. The average molecular weight is 304 g/mol. The van der Waals surface area contributed by atoms with E-state index in [0.717, 1.165) is 12.8 Å². The number of esters is 1.